The van der Waals surface area contributed by atoms with E-state index in [1.165, 1.54) is 22.3 Å². The Morgan fingerprint density at radius 2 is 1.76 bits per heavy atom. The monoisotopic (exact) mass is 277 g/mol. The number of rotatable bonds is 2. The van der Waals surface area contributed by atoms with E-state index >= 15 is 0 Å². The molecule has 3 rings (SSSR count). The largest absolute Gasteiger partial charge is 0.623 e. The molecule has 1 heterocycles. The lowest BCUT2D eigenvalue weighted by atomic mass is 9.96. The molecule has 0 amide bonds. The number of hydroxylamine groups is 1. The second kappa shape index (κ2) is 5.57. The molecule has 1 atom stereocenters. The van der Waals surface area contributed by atoms with Crippen molar-refractivity contribution in [3.05, 3.63) is 81.6 Å². The third-order valence-electron chi connectivity index (χ3n) is 4.10. The number of aryl methyl sites for hydroxylation is 2. The SMILES string of the molecule is Cc1cccc(C)c1/C=C/C1Cc2ccccc2C=[N+]1[O-]. The minimum absolute atomic E-state index is 0.126. The van der Waals surface area contributed by atoms with Gasteiger partial charge in [-0.1, -0.05) is 42.5 Å². The highest BCUT2D eigenvalue weighted by Gasteiger charge is 2.21. The van der Waals surface area contributed by atoms with Crippen LogP contribution in [0, 0.1) is 19.1 Å². The van der Waals surface area contributed by atoms with Crippen molar-refractivity contribution >= 4 is 12.3 Å². The fourth-order valence-electron chi connectivity index (χ4n) is 2.84. The fraction of sp³-hybridized carbons (Fsp3) is 0.211. The number of fused-ring (bicyclic) bond motifs is 1. The average molecular weight is 277 g/mol. The van der Waals surface area contributed by atoms with Crippen LogP contribution in [0.15, 0.2) is 48.5 Å². The average Bonchev–Trinajstić information content (AvgIpc) is 2.47. The van der Waals surface area contributed by atoms with Gasteiger partial charge < -0.3 is 5.21 Å². The molecule has 21 heavy (non-hydrogen) atoms. The van der Waals surface area contributed by atoms with E-state index in [4.69, 9.17) is 0 Å². The fourth-order valence-corrected chi connectivity index (χ4v) is 2.84. The maximum absolute atomic E-state index is 12.2. The summed E-state index contributed by atoms with van der Waals surface area (Å²) in [4.78, 5) is 0. The molecule has 0 saturated carbocycles. The van der Waals surface area contributed by atoms with Gasteiger partial charge in [0.25, 0.3) is 0 Å². The van der Waals surface area contributed by atoms with Crippen molar-refractivity contribution in [1.29, 1.82) is 0 Å². The first-order valence-corrected chi connectivity index (χ1v) is 7.28. The van der Waals surface area contributed by atoms with Gasteiger partial charge in [-0.2, -0.15) is 0 Å². The highest BCUT2D eigenvalue weighted by Crippen LogP contribution is 2.19. The van der Waals surface area contributed by atoms with Gasteiger partial charge in [0.05, 0.1) is 0 Å². The molecule has 1 aliphatic heterocycles. The van der Waals surface area contributed by atoms with Gasteiger partial charge in [0, 0.05) is 12.0 Å². The minimum atomic E-state index is -0.126. The Kier molecular flexibility index (Phi) is 3.61. The molecular weight excluding hydrogens is 258 g/mol. The van der Waals surface area contributed by atoms with Crippen molar-refractivity contribution in [2.45, 2.75) is 26.3 Å². The van der Waals surface area contributed by atoms with Crippen molar-refractivity contribution < 1.29 is 4.74 Å². The zero-order valence-electron chi connectivity index (χ0n) is 12.4. The molecule has 0 spiro atoms. The highest BCUT2D eigenvalue weighted by molar-refractivity contribution is 5.79. The molecule has 1 aliphatic rings. The second-order valence-corrected chi connectivity index (χ2v) is 5.62. The van der Waals surface area contributed by atoms with Crippen LogP contribution in [0.2, 0.25) is 0 Å². The van der Waals surface area contributed by atoms with Gasteiger partial charge in [-0.3, -0.25) is 0 Å². The van der Waals surface area contributed by atoms with Gasteiger partial charge in [0.2, 0.25) is 0 Å². The summed E-state index contributed by atoms with van der Waals surface area (Å²) in [6, 6.07) is 14.2. The molecule has 2 nitrogen and oxygen atoms in total. The first kappa shape index (κ1) is 13.6. The van der Waals surface area contributed by atoms with E-state index < -0.39 is 0 Å². The van der Waals surface area contributed by atoms with Gasteiger partial charge in [-0.15, -0.1) is 0 Å². The molecule has 2 heteroatoms. The van der Waals surface area contributed by atoms with Crippen LogP contribution < -0.4 is 0 Å². The van der Waals surface area contributed by atoms with Crippen molar-refractivity contribution in [3.8, 4) is 0 Å². The minimum Gasteiger partial charge on any atom is -0.623 e. The topological polar surface area (TPSA) is 26.1 Å². The van der Waals surface area contributed by atoms with Crippen molar-refractivity contribution in [1.82, 2.24) is 0 Å². The van der Waals surface area contributed by atoms with Gasteiger partial charge >= 0.3 is 0 Å². The third kappa shape index (κ3) is 2.75. The zero-order valence-corrected chi connectivity index (χ0v) is 12.4. The van der Waals surface area contributed by atoms with Crippen LogP contribution >= 0.6 is 0 Å². The predicted molar refractivity (Wildman–Crippen MR) is 87.7 cm³/mol. The normalized spacial score (nSPS) is 17.6. The van der Waals surface area contributed by atoms with Gasteiger partial charge in [0.15, 0.2) is 12.3 Å². The molecule has 2 aromatic rings. The van der Waals surface area contributed by atoms with Crippen LogP contribution in [0.5, 0.6) is 0 Å². The van der Waals surface area contributed by atoms with E-state index in [0.29, 0.717) is 0 Å². The van der Waals surface area contributed by atoms with Crippen molar-refractivity contribution in [2.24, 2.45) is 0 Å². The van der Waals surface area contributed by atoms with Crippen LogP contribution in [0.1, 0.15) is 27.8 Å². The Labute approximate surface area is 125 Å². The standard InChI is InChI=1S/C19H19NO/c1-14-6-5-7-15(2)19(14)11-10-18-12-16-8-3-4-9-17(16)13-20(18)21/h3-11,13,18H,12H2,1-2H3/b11-10+. The number of hydrogen-bond acceptors (Lipinski definition) is 1. The summed E-state index contributed by atoms with van der Waals surface area (Å²) in [5, 5.41) is 12.2. The zero-order chi connectivity index (χ0) is 14.8. The first-order chi connectivity index (χ1) is 10.1. The van der Waals surface area contributed by atoms with E-state index in [2.05, 4.69) is 44.2 Å². The maximum Gasteiger partial charge on any atom is 0.186 e. The van der Waals surface area contributed by atoms with E-state index in [1.807, 2.05) is 24.3 Å². The second-order valence-electron chi connectivity index (χ2n) is 5.62. The van der Waals surface area contributed by atoms with Crippen LogP contribution in [0.3, 0.4) is 0 Å². The Bertz CT molecular complexity index is 708. The number of hydrogen-bond donors (Lipinski definition) is 0. The summed E-state index contributed by atoms with van der Waals surface area (Å²) < 4.78 is 1.06. The van der Waals surface area contributed by atoms with Crippen LogP contribution in [-0.2, 0) is 6.42 Å². The molecule has 0 N–H and O–H groups in total. The maximum atomic E-state index is 12.2. The molecule has 106 valence electrons. The Morgan fingerprint density at radius 1 is 1.05 bits per heavy atom. The number of nitrogens with zero attached hydrogens (tertiary/aromatic N) is 1. The molecular formula is C19H19NO. The molecule has 1 unspecified atom stereocenters. The Balaban J connectivity index is 1.88. The van der Waals surface area contributed by atoms with E-state index in [1.54, 1.807) is 6.21 Å². The molecule has 2 aromatic carbocycles. The van der Waals surface area contributed by atoms with Gasteiger partial charge in [-0.05, 0) is 48.2 Å². The summed E-state index contributed by atoms with van der Waals surface area (Å²) in [6.45, 7) is 4.20. The summed E-state index contributed by atoms with van der Waals surface area (Å²) in [7, 11) is 0. The Morgan fingerprint density at radius 3 is 2.52 bits per heavy atom. The molecule has 0 bridgehead atoms. The third-order valence-corrected chi connectivity index (χ3v) is 4.10. The van der Waals surface area contributed by atoms with E-state index in [9.17, 15) is 5.21 Å². The lowest BCUT2D eigenvalue weighted by molar-refractivity contribution is -0.483. The molecule has 0 aromatic heterocycles. The Hall–Kier alpha value is -2.35. The van der Waals surface area contributed by atoms with E-state index in [-0.39, 0.29) is 6.04 Å². The van der Waals surface area contributed by atoms with Crippen LogP contribution in [-0.4, -0.2) is 17.0 Å². The summed E-state index contributed by atoms with van der Waals surface area (Å²) in [5.41, 5.74) is 5.96. The highest BCUT2D eigenvalue weighted by atomic mass is 16.5. The van der Waals surface area contributed by atoms with Crippen molar-refractivity contribution in [3.63, 3.8) is 0 Å². The van der Waals surface area contributed by atoms with Gasteiger partial charge in [-0.25, -0.2) is 4.74 Å². The molecule has 0 fully saturated rings. The number of benzene rings is 2. The lowest BCUT2D eigenvalue weighted by Gasteiger charge is -2.20. The van der Waals surface area contributed by atoms with Gasteiger partial charge in [0.1, 0.15) is 0 Å². The first-order valence-electron chi connectivity index (χ1n) is 7.28. The molecule has 0 radical (unpaired) electrons. The smallest absolute Gasteiger partial charge is 0.186 e. The van der Waals surface area contributed by atoms with Crippen LogP contribution in [0.25, 0.3) is 6.08 Å². The predicted octanol–water partition coefficient (Wildman–Crippen LogP) is 3.87. The quantitative estimate of drug-likeness (QED) is 0.604. The molecule has 0 aliphatic carbocycles. The summed E-state index contributed by atoms with van der Waals surface area (Å²) in [5.74, 6) is 0. The lowest BCUT2D eigenvalue weighted by Crippen LogP contribution is -2.27. The summed E-state index contributed by atoms with van der Waals surface area (Å²) in [6.07, 6.45) is 6.56. The van der Waals surface area contributed by atoms with Crippen LogP contribution in [0.4, 0.5) is 0 Å². The summed E-state index contributed by atoms with van der Waals surface area (Å²) >= 11 is 0. The van der Waals surface area contributed by atoms with E-state index in [0.717, 1.165) is 16.7 Å². The van der Waals surface area contributed by atoms with Crippen molar-refractivity contribution in [2.75, 3.05) is 0 Å². The molecule has 0 saturated heterocycles.